The fourth-order valence-electron chi connectivity index (χ4n) is 2.27. The molecule has 3 rings (SSSR count). The first-order valence-electron chi connectivity index (χ1n) is 7.34. The fraction of sp³-hybridized carbons (Fsp3) is 0.0556. The highest BCUT2D eigenvalue weighted by molar-refractivity contribution is 9.10. The van der Waals surface area contributed by atoms with Gasteiger partial charge in [-0.2, -0.15) is 0 Å². The average Bonchev–Trinajstić information content (AvgIpc) is 2.85. The Labute approximate surface area is 172 Å². The van der Waals surface area contributed by atoms with Crippen LogP contribution in [-0.2, 0) is 4.79 Å². The second-order valence-corrected chi connectivity index (χ2v) is 8.12. The summed E-state index contributed by atoms with van der Waals surface area (Å²) in [6, 6.07) is 11.6. The molecule has 26 heavy (non-hydrogen) atoms. The van der Waals surface area contributed by atoms with Gasteiger partial charge in [-0.15, -0.1) is 0 Å². The molecular weight excluding hydrogens is 461 g/mol. The van der Waals surface area contributed by atoms with E-state index in [1.807, 2.05) is 0 Å². The lowest BCUT2D eigenvalue weighted by Gasteiger charge is -2.11. The summed E-state index contributed by atoms with van der Waals surface area (Å²) < 4.78 is 0.836. The first kappa shape index (κ1) is 19.2. The number of hydrogen-bond acceptors (Lipinski definition) is 4. The SMILES string of the molecule is O=C(CN1C(=O)S/C(=C\c2ccc(Cl)cc2Cl)C1=O)c1ccc(Br)cc1. The van der Waals surface area contributed by atoms with Crippen molar-refractivity contribution in [2.24, 2.45) is 0 Å². The van der Waals surface area contributed by atoms with Crippen LogP contribution in [0.3, 0.4) is 0 Å². The topological polar surface area (TPSA) is 54.5 Å². The zero-order chi connectivity index (χ0) is 18.8. The van der Waals surface area contributed by atoms with Gasteiger partial charge in [-0.3, -0.25) is 19.3 Å². The van der Waals surface area contributed by atoms with Gasteiger partial charge in [0.15, 0.2) is 5.78 Å². The summed E-state index contributed by atoms with van der Waals surface area (Å²) >= 11 is 16.0. The average molecular weight is 471 g/mol. The van der Waals surface area contributed by atoms with Crippen molar-refractivity contribution < 1.29 is 14.4 Å². The molecule has 2 aromatic rings. The van der Waals surface area contributed by atoms with Crippen molar-refractivity contribution in [3.05, 3.63) is 73.0 Å². The number of carbonyl (C=O) groups excluding carboxylic acids is 3. The van der Waals surface area contributed by atoms with E-state index in [2.05, 4.69) is 15.9 Å². The number of rotatable bonds is 4. The normalized spacial score (nSPS) is 15.8. The molecule has 0 aromatic heterocycles. The van der Waals surface area contributed by atoms with Crippen LogP contribution < -0.4 is 0 Å². The highest BCUT2D eigenvalue weighted by Gasteiger charge is 2.36. The number of ketones is 1. The highest BCUT2D eigenvalue weighted by atomic mass is 79.9. The van der Waals surface area contributed by atoms with Crippen molar-refractivity contribution in [2.75, 3.05) is 6.54 Å². The van der Waals surface area contributed by atoms with Gasteiger partial charge in [0.25, 0.3) is 11.1 Å². The van der Waals surface area contributed by atoms with Crippen LogP contribution in [0.4, 0.5) is 4.79 Å². The molecule has 0 N–H and O–H groups in total. The molecule has 1 heterocycles. The number of Topliss-reactive ketones (excluding diaryl/α,β-unsaturated/α-hetero) is 1. The Hall–Kier alpha value is -1.60. The molecule has 2 aromatic carbocycles. The van der Waals surface area contributed by atoms with Crippen molar-refractivity contribution >= 4 is 73.9 Å². The van der Waals surface area contributed by atoms with Crippen LogP contribution in [0.2, 0.25) is 10.0 Å². The molecule has 0 radical (unpaired) electrons. The molecule has 132 valence electrons. The smallest absolute Gasteiger partial charge is 0.292 e. The van der Waals surface area contributed by atoms with E-state index in [9.17, 15) is 14.4 Å². The molecule has 0 aliphatic carbocycles. The van der Waals surface area contributed by atoms with Crippen molar-refractivity contribution in [2.45, 2.75) is 0 Å². The van der Waals surface area contributed by atoms with E-state index in [1.54, 1.807) is 42.5 Å². The Bertz CT molecular complexity index is 944. The van der Waals surface area contributed by atoms with Crippen molar-refractivity contribution in [3.63, 3.8) is 0 Å². The van der Waals surface area contributed by atoms with E-state index < -0.39 is 11.1 Å². The third-order valence-corrected chi connectivity index (χ3v) is 5.59. The van der Waals surface area contributed by atoms with E-state index in [-0.39, 0.29) is 17.2 Å². The first-order chi connectivity index (χ1) is 12.3. The summed E-state index contributed by atoms with van der Waals surface area (Å²) in [4.78, 5) is 38.1. The quantitative estimate of drug-likeness (QED) is 0.426. The number of imide groups is 1. The first-order valence-corrected chi connectivity index (χ1v) is 9.71. The zero-order valence-electron chi connectivity index (χ0n) is 13.0. The van der Waals surface area contributed by atoms with Gasteiger partial charge in [0.05, 0.1) is 11.4 Å². The van der Waals surface area contributed by atoms with Gasteiger partial charge in [-0.1, -0.05) is 57.3 Å². The van der Waals surface area contributed by atoms with Gasteiger partial charge in [-0.25, -0.2) is 0 Å². The van der Waals surface area contributed by atoms with E-state index in [0.717, 1.165) is 21.1 Å². The number of thioether (sulfide) groups is 1. The van der Waals surface area contributed by atoms with Crippen molar-refractivity contribution in [1.29, 1.82) is 0 Å². The number of hydrogen-bond donors (Lipinski definition) is 0. The third kappa shape index (κ3) is 4.20. The second-order valence-electron chi connectivity index (χ2n) is 5.36. The molecule has 0 unspecified atom stereocenters. The molecule has 1 fully saturated rings. The molecule has 0 bridgehead atoms. The van der Waals surface area contributed by atoms with Crippen LogP contribution in [-0.4, -0.2) is 28.4 Å². The van der Waals surface area contributed by atoms with Gasteiger partial charge in [0.2, 0.25) is 0 Å². The van der Waals surface area contributed by atoms with Crippen LogP contribution in [0.1, 0.15) is 15.9 Å². The molecule has 1 aliphatic heterocycles. The van der Waals surface area contributed by atoms with Gasteiger partial charge >= 0.3 is 0 Å². The lowest BCUT2D eigenvalue weighted by molar-refractivity contribution is -0.122. The number of nitrogens with zero attached hydrogens (tertiary/aromatic N) is 1. The summed E-state index contributed by atoms with van der Waals surface area (Å²) in [6.45, 7) is -0.308. The summed E-state index contributed by atoms with van der Waals surface area (Å²) in [6.07, 6.45) is 1.52. The third-order valence-electron chi connectivity index (χ3n) is 3.59. The maximum atomic E-state index is 12.5. The maximum Gasteiger partial charge on any atom is 0.293 e. The maximum absolute atomic E-state index is 12.5. The van der Waals surface area contributed by atoms with E-state index in [4.69, 9.17) is 23.2 Å². The molecular formula is C18H10BrCl2NO3S. The van der Waals surface area contributed by atoms with Crippen LogP contribution in [0.25, 0.3) is 6.08 Å². The highest BCUT2D eigenvalue weighted by Crippen LogP contribution is 2.34. The van der Waals surface area contributed by atoms with Crippen molar-refractivity contribution in [1.82, 2.24) is 4.90 Å². The minimum Gasteiger partial charge on any atom is -0.292 e. The minimum absolute atomic E-state index is 0.211. The summed E-state index contributed by atoms with van der Waals surface area (Å²) in [5, 5.41) is 0.354. The number of amides is 2. The lowest BCUT2D eigenvalue weighted by atomic mass is 10.1. The van der Waals surface area contributed by atoms with Gasteiger partial charge in [0, 0.05) is 20.1 Å². The Morgan fingerprint density at radius 2 is 1.81 bits per heavy atom. The van der Waals surface area contributed by atoms with Crippen LogP contribution in [0.15, 0.2) is 51.8 Å². The Morgan fingerprint density at radius 3 is 2.46 bits per heavy atom. The monoisotopic (exact) mass is 469 g/mol. The van der Waals surface area contributed by atoms with Crippen molar-refractivity contribution in [3.8, 4) is 0 Å². The fourth-order valence-corrected chi connectivity index (χ4v) is 3.82. The largest absolute Gasteiger partial charge is 0.293 e. The Kier molecular flexibility index (Phi) is 5.87. The summed E-state index contributed by atoms with van der Waals surface area (Å²) in [5.41, 5.74) is 0.998. The predicted octanol–water partition coefficient (Wildman–Crippen LogP) is 5.68. The molecule has 2 amide bonds. The minimum atomic E-state index is -0.517. The number of halogens is 3. The predicted molar refractivity (Wildman–Crippen MR) is 108 cm³/mol. The van der Waals surface area contributed by atoms with Gasteiger partial charge in [0.1, 0.15) is 0 Å². The van der Waals surface area contributed by atoms with E-state index >= 15 is 0 Å². The number of benzene rings is 2. The zero-order valence-corrected chi connectivity index (χ0v) is 17.0. The molecule has 0 saturated carbocycles. The second kappa shape index (κ2) is 7.96. The van der Waals surface area contributed by atoms with Crippen LogP contribution in [0, 0.1) is 0 Å². The lowest BCUT2D eigenvalue weighted by Crippen LogP contribution is -2.33. The van der Waals surface area contributed by atoms with Crippen LogP contribution in [0.5, 0.6) is 0 Å². The molecule has 4 nitrogen and oxygen atoms in total. The molecule has 0 spiro atoms. The summed E-state index contributed by atoms with van der Waals surface area (Å²) in [7, 11) is 0. The van der Waals surface area contributed by atoms with E-state index in [1.165, 1.54) is 6.08 Å². The number of carbonyl (C=O) groups is 3. The Balaban J connectivity index is 1.79. The van der Waals surface area contributed by atoms with Gasteiger partial charge in [-0.05, 0) is 47.7 Å². The summed E-state index contributed by atoms with van der Waals surface area (Å²) in [5.74, 6) is -0.831. The molecule has 8 heteroatoms. The standard InChI is InChI=1S/C18H10BrCl2NO3S/c19-12-4-1-10(2-5-12)15(23)9-22-17(24)16(26-18(22)25)7-11-3-6-13(20)8-14(11)21/h1-8H,9H2/b16-7-. The Morgan fingerprint density at radius 1 is 1.12 bits per heavy atom. The molecule has 0 atom stereocenters. The molecule has 1 saturated heterocycles. The van der Waals surface area contributed by atoms with Crippen LogP contribution >= 0.6 is 50.9 Å². The van der Waals surface area contributed by atoms with E-state index in [0.29, 0.717) is 21.2 Å². The molecule has 1 aliphatic rings. The van der Waals surface area contributed by atoms with Gasteiger partial charge < -0.3 is 0 Å².